The zero-order valence-electron chi connectivity index (χ0n) is 14.0. The van der Waals surface area contributed by atoms with E-state index in [-0.39, 0.29) is 5.91 Å². The topological polar surface area (TPSA) is 65.4 Å². The fourth-order valence-corrected chi connectivity index (χ4v) is 3.50. The molecule has 1 saturated heterocycles. The molecule has 0 aromatic heterocycles. The molecule has 1 fully saturated rings. The van der Waals surface area contributed by atoms with Gasteiger partial charge in [-0.25, -0.2) is 0 Å². The number of amides is 1. The van der Waals surface area contributed by atoms with Crippen LogP contribution in [0.1, 0.15) is 43.4 Å². The molecule has 0 atom stereocenters. The summed E-state index contributed by atoms with van der Waals surface area (Å²) in [5, 5.41) is 12.6. The lowest BCUT2D eigenvalue weighted by Gasteiger charge is -2.39. The summed E-state index contributed by atoms with van der Waals surface area (Å²) in [5.74, 6) is 0.846. The second-order valence-electron chi connectivity index (χ2n) is 6.46. The zero-order chi connectivity index (χ0) is 16.8. The maximum Gasteiger partial charge on any atom is 0.227 e. The van der Waals surface area contributed by atoms with Crippen LogP contribution in [-0.2, 0) is 4.79 Å². The van der Waals surface area contributed by atoms with Crippen LogP contribution in [0, 0.1) is 18.3 Å². The molecular formula is C18H21N3O2. The fraction of sp³-hybridized carbons (Fsp3) is 0.444. The molecule has 5 nitrogen and oxygen atoms in total. The third-order valence-electron chi connectivity index (χ3n) is 4.58. The molecule has 0 bridgehead atoms. The molecule has 1 aromatic rings. The Kier molecular flexibility index (Phi) is 3.56. The lowest BCUT2D eigenvalue weighted by Crippen LogP contribution is -2.43. The monoisotopic (exact) mass is 311 g/mol. The number of likely N-dealkylation sites (tertiary alicyclic amines) is 1. The molecule has 23 heavy (non-hydrogen) atoms. The Labute approximate surface area is 136 Å². The molecule has 0 unspecified atom stereocenters. The normalized spacial score (nSPS) is 19.3. The van der Waals surface area contributed by atoms with Gasteiger partial charge in [0.25, 0.3) is 0 Å². The first-order valence-corrected chi connectivity index (χ1v) is 7.86. The van der Waals surface area contributed by atoms with Crippen LogP contribution in [0.2, 0.25) is 0 Å². The SMILES string of the molecule is CNC1=C(N2CCCC2=O)c2c(ccc(C#N)c2C)OC1(C)C. The molecule has 2 heterocycles. The summed E-state index contributed by atoms with van der Waals surface area (Å²) in [4.78, 5) is 14.2. The summed E-state index contributed by atoms with van der Waals surface area (Å²) in [5.41, 5.74) is 3.47. The lowest BCUT2D eigenvalue weighted by atomic mass is 9.90. The van der Waals surface area contributed by atoms with E-state index in [0.717, 1.165) is 34.7 Å². The summed E-state index contributed by atoms with van der Waals surface area (Å²) in [6, 6.07) is 5.82. The van der Waals surface area contributed by atoms with E-state index in [1.807, 2.05) is 38.8 Å². The summed E-state index contributed by atoms with van der Waals surface area (Å²) in [6.07, 6.45) is 1.42. The second-order valence-corrected chi connectivity index (χ2v) is 6.46. The van der Waals surface area contributed by atoms with Crippen molar-refractivity contribution in [2.75, 3.05) is 13.6 Å². The van der Waals surface area contributed by atoms with Gasteiger partial charge in [-0.05, 0) is 44.9 Å². The van der Waals surface area contributed by atoms with E-state index < -0.39 is 5.60 Å². The maximum atomic E-state index is 12.4. The molecule has 3 rings (SSSR count). The minimum atomic E-state index is -0.569. The Balaban J connectivity index is 2.33. The highest BCUT2D eigenvalue weighted by Gasteiger charge is 2.40. The van der Waals surface area contributed by atoms with Crippen LogP contribution < -0.4 is 10.1 Å². The Morgan fingerprint density at radius 1 is 1.39 bits per heavy atom. The largest absolute Gasteiger partial charge is 0.481 e. The van der Waals surface area contributed by atoms with E-state index in [1.165, 1.54) is 0 Å². The van der Waals surface area contributed by atoms with Gasteiger partial charge in [0.05, 0.1) is 23.0 Å². The number of nitriles is 1. The summed E-state index contributed by atoms with van der Waals surface area (Å²) in [7, 11) is 1.84. The Hall–Kier alpha value is -2.48. The number of nitrogens with zero attached hydrogens (tertiary/aromatic N) is 2. The van der Waals surface area contributed by atoms with E-state index in [9.17, 15) is 10.1 Å². The van der Waals surface area contributed by atoms with Crippen LogP contribution >= 0.6 is 0 Å². The highest BCUT2D eigenvalue weighted by atomic mass is 16.5. The van der Waals surface area contributed by atoms with Crippen molar-refractivity contribution in [3.8, 4) is 11.8 Å². The molecule has 2 aliphatic heterocycles. The summed E-state index contributed by atoms with van der Waals surface area (Å²) >= 11 is 0. The molecule has 0 saturated carbocycles. The average Bonchev–Trinajstić information content (AvgIpc) is 2.91. The average molecular weight is 311 g/mol. The molecule has 1 aromatic carbocycles. The number of rotatable bonds is 2. The lowest BCUT2D eigenvalue weighted by molar-refractivity contribution is -0.125. The smallest absolute Gasteiger partial charge is 0.227 e. The predicted molar refractivity (Wildman–Crippen MR) is 87.5 cm³/mol. The van der Waals surface area contributed by atoms with E-state index in [0.29, 0.717) is 18.5 Å². The fourth-order valence-electron chi connectivity index (χ4n) is 3.50. The molecule has 0 spiro atoms. The third-order valence-corrected chi connectivity index (χ3v) is 4.58. The number of carbonyl (C=O) groups is 1. The maximum absolute atomic E-state index is 12.4. The number of ether oxygens (including phenoxy) is 1. The number of benzene rings is 1. The van der Waals surface area contributed by atoms with Crippen molar-refractivity contribution < 1.29 is 9.53 Å². The Morgan fingerprint density at radius 2 is 2.13 bits per heavy atom. The minimum absolute atomic E-state index is 0.123. The van der Waals surface area contributed by atoms with Crippen LogP contribution in [0.25, 0.3) is 5.70 Å². The Morgan fingerprint density at radius 3 is 2.70 bits per heavy atom. The molecule has 120 valence electrons. The number of hydrogen-bond donors (Lipinski definition) is 1. The molecule has 0 aliphatic carbocycles. The number of fused-ring (bicyclic) bond motifs is 1. The van der Waals surface area contributed by atoms with Gasteiger partial charge in [-0.3, -0.25) is 4.79 Å². The van der Waals surface area contributed by atoms with Gasteiger partial charge < -0.3 is 15.0 Å². The number of likely N-dealkylation sites (N-methyl/N-ethyl adjacent to an activating group) is 1. The number of nitrogens with one attached hydrogen (secondary N) is 1. The van der Waals surface area contributed by atoms with Crippen LogP contribution in [-0.4, -0.2) is 30.0 Å². The predicted octanol–water partition coefficient (Wildman–Crippen LogP) is 2.55. The highest BCUT2D eigenvalue weighted by Crippen LogP contribution is 2.44. The van der Waals surface area contributed by atoms with Crippen molar-refractivity contribution in [1.82, 2.24) is 10.2 Å². The highest BCUT2D eigenvalue weighted by molar-refractivity contribution is 5.92. The Bertz CT molecular complexity index is 756. The van der Waals surface area contributed by atoms with Gasteiger partial charge in [0.15, 0.2) is 0 Å². The van der Waals surface area contributed by atoms with Gasteiger partial charge in [-0.15, -0.1) is 0 Å². The molecule has 1 N–H and O–H groups in total. The van der Waals surface area contributed by atoms with Crippen molar-refractivity contribution in [3.05, 3.63) is 34.5 Å². The standard InChI is InChI=1S/C18H21N3O2/c1-11-12(10-19)7-8-13-15(11)16(21-9-5-6-14(21)22)17(20-4)18(2,3)23-13/h7-8,20H,5-6,9H2,1-4H3. The molecule has 1 amide bonds. The van der Waals surface area contributed by atoms with Crippen LogP contribution in [0.3, 0.4) is 0 Å². The quantitative estimate of drug-likeness (QED) is 0.911. The number of hydrogen-bond acceptors (Lipinski definition) is 4. The van der Waals surface area contributed by atoms with Crippen LogP contribution in [0.4, 0.5) is 0 Å². The van der Waals surface area contributed by atoms with E-state index >= 15 is 0 Å². The van der Waals surface area contributed by atoms with Gasteiger partial charge in [0.2, 0.25) is 5.91 Å². The first-order valence-electron chi connectivity index (χ1n) is 7.86. The van der Waals surface area contributed by atoms with Gasteiger partial charge in [0.1, 0.15) is 11.4 Å². The molecular weight excluding hydrogens is 290 g/mol. The third kappa shape index (κ3) is 2.26. The second kappa shape index (κ2) is 5.31. The first kappa shape index (κ1) is 15.4. The molecule has 2 aliphatic rings. The van der Waals surface area contributed by atoms with Crippen LogP contribution in [0.5, 0.6) is 5.75 Å². The number of carbonyl (C=O) groups excluding carboxylic acids is 1. The molecule has 5 heteroatoms. The van der Waals surface area contributed by atoms with Crippen molar-refractivity contribution in [3.63, 3.8) is 0 Å². The van der Waals surface area contributed by atoms with Gasteiger partial charge >= 0.3 is 0 Å². The minimum Gasteiger partial charge on any atom is -0.481 e. The van der Waals surface area contributed by atoms with Crippen LogP contribution in [0.15, 0.2) is 17.8 Å². The van der Waals surface area contributed by atoms with Gasteiger partial charge in [0, 0.05) is 25.6 Å². The van der Waals surface area contributed by atoms with Gasteiger partial charge in [-0.1, -0.05) is 0 Å². The first-order chi connectivity index (χ1) is 10.9. The van der Waals surface area contributed by atoms with Gasteiger partial charge in [-0.2, -0.15) is 5.26 Å². The summed E-state index contributed by atoms with van der Waals surface area (Å²) in [6.45, 7) is 6.57. The van der Waals surface area contributed by atoms with Crippen molar-refractivity contribution in [2.24, 2.45) is 0 Å². The zero-order valence-corrected chi connectivity index (χ0v) is 14.0. The van der Waals surface area contributed by atoms with Crippen molar-refractivity contribution in [1.29, 1.82) is 5.26 Å². The molecule has 0 radical (unpaired) electrons. The van der Waals surface area contributed by atoms with Crippen molar-refractivity contribution >= 4 is 11.6 Å². The van der Waals surface area contributed by atoms with E-state index in [1.54, 1.807) is 6.07 Å². The van der Waals surface area contributed by atoms with E-state index in [4.69, 9.17) is 4.74 Å². The van der Waals surface area contributed by atoms with E-state index in [2.05, 4.69) is 11.4 Å². The van der Waals surface area contributed by atoms with Crippen molar-refractivity contribution in [2.45, 2.75) is 39.2 Å². The summed E-state index contributed by atoms with van der Waals surface area (Å²) < 4.78 is 6.16.